The van der Waals surface area contributed by atoms with Crippen molar-refractivity contribution in [2.45, 2.75) is 25.9 Å². The summed E-state index contributed by atoms with van der Waals surface area (Å²) in [4.78, 5) is 12.1. The summed E-state index contributed by atoms with van der Waals surface area (Å²) in [7, 11) is -1.82. The van der Waals surface area contributed by atoms with Crippen molar-refractivity contribution in [3.63, 3.8) is 0 Å². The zero-order chi connectivity index (χ0) is 14.9. The molecule has 0 saturated carbocycles. The summed E-state index contributed by atoms with van der Waals surface area (Å²) < 4.78 is 24.3. The van der Waals surface area contributed by atoms with Gasteiger partial charge in [-0.25, -0.2) is 8.42 Å². The molecule has 0 spiro atoms. The molecule has 5 nitrogen and oxygen atoms in total. The topological polar surface area (TPSA) is 66.5 Å². The first-order chi connectivity index (χ1) is 9.33. The molecule has 7 heteroatoms. The summed E-state index contributed by atoms with van der Waals surface area (Å²) >= 11 is 6.02. The first-order valence-corrected chi connectivity index (χ1v) is 8.29. The molecular weight excluding hydrogens is 300 g/mol. The van der Waals surface area contributed by atoms with Crippen molar-refractivity contribution in [2.75, 3.05) is 12.8 Å². The average molecular weight is 317 g/mol. The SMILES string of the molecule is Cc1c(Cl)cccc1CNC(=O)[C@@H]1CCS(=O)(=O)N1C. The third kappa shape index (κ3) is 2.97. The molecule has 1 aliphatic rings. The van der Waals surface area contributed by atoms with Crippen LogP contribution in [0.2, 0.25) is 5.02 Å². The number of carbonyl (C=O) groups excluding carboxylic acids is 1. The first kappa shape index (κ1) is 15.3. The number of likely N-dealkylation sites (N-methyl/N-ethyl adjacent to an activating group) is 1. The molecule has 1 aromatic rings. The summed E-state index contributed by atoms with van der Waals surface area (Å²) in [5.41, 5.74) is 1.84. The second kappa shape index (κ2) is 5.71. The molecular formula is C13H17ClN2O3S. The number of sulfonamides is 1. The highest BCUT2D eigenvalue weighted by Crippen LogP contribution is 2.20. The standard InChI is InChI=1S/C13H17ClN2O3S/c1-9-10(4-3-5-11(9)14)8-15-13(17)12-6-7-20(18,19)16(12)2/h3-5,12H,6-8H2,1-2H3,(H,15,17)/t12-/m0/s1. The summed E-state index contributed by atoms with van der Waals surface area (Å²) in [5.74, 6) is -0.245. The summed E-state index contributed by atoms with van der Waals surface area (Å²) in [6.07, 6.45) is 0.333. The number of carbonyl (C=O) groups is 1. The third-order valence-electron chi connectivity index (χ3n) is 3.66. The van der Waals surface area contributed by atoms with Crippen molar-refractivity contribution in [2.24, 2.45) is 0 Å². The average Bonchev–Trinajstić information content (AvgIpc) is 2.66. The van der Waals surface area contributed by atoms with Gasteiger partial charge in [-0.3, -0.25) is 4.79 Å². The fourth-order valence-corrected chi connectivity index (χ4v) is 3.81. The molecule has 0 bridgehead atoms. The lowest BCUT2D eigenvalue weighted by molar-refractivity contribution is -0.124. The minimum atomic E-state index is -3.27. The van der Waals surface area contributed by atoms with Crippen molar-refractivity contribution in [1.82, 2.24) is 9.62 Å². The van der Waals surface area contributed by atoms with Gasteiger partial charge in [0.2, 0.25) is 15.9 Å². The lowest BCUT2D eigenvalue weighted by Crippen LogP contribution is -2.42. The van der Waals surface area contributed by atoms with Gasteiger partial charge in [0.05, 0.1) is 5.75 Å². The van der Waals surface area contributed by atoms with Gasteiger partial charge in [0, 0.05) is 18.6 Å². The van der Waals surface area contributed by atoms with Crippen LogP contribution in [-0.4, -0.2) is 37.5 Å². The maximum atomic E-state index is 12.1. The number of rotatable bonds is 3. The van der Waals surface area contributed by atoms with Gasteiger partial charge in [0.15, 0.2) is 0 Å². The van der Waals surface area contributed by atoms with E-state index in [1.54, 1.807) is 6.07 Å². The van der Waals surface area contributed by atoms with Gasteiger partial charge in [0.25, 0.3) is 0 Å². The Morgan fingerprint density at radius 1 is 1.50 bits per heavy atom. The predicted octanol–water partition coefficient (Wildman–Crippen LogP) is 1.30. The Labute approximate surface area is 124 Å². The number of hydrogen-bond acceptors (Lipinski definition) is 3. The molecule has 0 aromatic heterocycles. The van der Waals surface area contributed by atoms with Crippen LogP contribution in [0, 0.1) is 6.92 Å². The Hall–Kier alpha value is -1.11. The second-order valence-corrected chi connectivity index (χ2v) is 7.43. The van der Waals surface area contributed by atoms with E-state index in [1.165, 1.54) is 7.05 Å². The van der Waals surface area contributed by atoms with Gasteiger partial charge in [-0.2, -0.15) is 4.31 Å². The van der Waals surface area contributed by atoms with Crippen molar-refractivity contribution in [3.05, 3.63) is 34.3 Å². The quantitative estimate of drug-likeness (QED) is 0.914. The Kier molecular flexibility index (Phi) is 4.36. The number of hydrogen-bond donors (Lipinski definition) is 1. The Bertz CT molecular complexity index is 631. The zero-order valence-corrected chi connectivity index (χ0v) is 13.0. The molecule has 1 N–H and O–H groups in total. The molecule has 1 aromatic carbocycles. The summed E-state index contributed by atoms with van der Waals surface area (Å²) in [5, 5.41) is 3.42. The van der Waals surface area contributed by atoms with Gasteiger partial charge in [-0.1, -0.05) is 23.7 Å². The van der Waals surface area contributed by atoms with E-state index in [4.69, 9.17) is 11.6 Å². The molecule has 20 heavy (non-hydrogen) atoms. The van der Waals surface area contributed by atoms with E-state index >= 15 is 0 Å². The van der Waals surface area contributed by atoms with Crippen LogP contribution in [0.3, 0.4) is 0 Å². The fraction of sp³-hybridized carbons (Fsp3) is 0.462. The van der Waals surface area contributed by atoms with Gasteiger partial charge in [0.1, 0.15) is 6.04 Å². The molecule has 0 radical (unpaired) electrons. The molecule has 1 heterocycles. The number of amides is 1. The first-order valence-electron chi connectivity index (χ1n) is 6.30. The van der Waals surface area contributed by atoms with Crippen molar-refractivity contribution < 1.29 is 13.2 Å². The van der Waals surface area contributed by atoms with E-state index < -0.39 is 16.1 Å². The van der Waals surface area contributed by atoms with E-state index in [0.717, 1.165) is 15.4 Å². The maximum Gasteiger partial charge on any atom is 0.238 e. The predicted molar refractivity (Wildman–Crippen MR) is 78.0 cm³/mol. The highest BCUT2D eigenvalue weighted by atomic mass is 35.5. The van der Waals surface area contributed by atoms with E-state index in [0.29, 0.717) is 18.0 Å². The van der Waals surface area contributed by atoms with Crippen LogP contribution in [-0.2, 0) is 21.4 Å². The van der Waals surface area contributed by atoms with E-state index in [-0.39, 0.29) is 11.7 Å². The molecule has 1 fully saturated rings. The highest BCUT2D eigenvalue weighted by Gasteiger charge is 2.38. The number of benzene rings is 1. The molecule has 0 unspecified atom stereocenters. The molecule has 1 saturated heterocycles. The highest BCUT2D eigenvalue weighted by molar-refractivity contribution is 7.89. The third-order valence-corrected chi connectivity index (χ3v) is 5.96. The van der Waals surface area contributed by atoms with Crippen LogP contribution < -0.4 is 5.32 Å². The van der Waals surface area contributed by atoms with E-state index in [1.807, 2.05) is 19.1 Å². The number of nitrogens with zero attached hydrogens (tertiary/aromatic N) is 1. The molecule has 110 valence electrons. The molecule has 1 aliphatic heterocycles. The number of halogens is 1. The van der Waals surface area contributed by atoms with Crippen LogP contribution in [0.5, 0.6) is 0 Å². The van der Waals surface area contributed by atoms with E-state index in [2.05, 4.69) is 5.32 Å². The summed E-state index contributed by atoms with van der Waals surface area (Å²) in [6, 6.07) is 4.89. The smallest absolute Gasteiger partial charge is 0.238 e. The number of nitrogens with one attached hydrogen (secondary N) is 1. The van der Waals surface area contributed by atoms with Gasteiger partial charge in [-0.05, 0) is 30.5 Å². The Morgan fingerprint density at radius 3 is 2.80 bits per heavy atom. The maximum absolute atomic E-state index is 12.1. The zero-order valence-electron chi connectivity index (χ0n) is 11.4. The fourth-order valence-electron chi connectivity index (χ4n) is 2.22. The van der Waals surface area contributed by atoms with E-state index in [9.17, 15) is 13.2 Å². The Balaban J connectivity index is 2.02. The van der Waals surface area contributed by atoms with Gasteiger partial charge in [-0.15, -0.1) is 0 Å². The minimum absolute atomic E-state index is 0.0256. The van der Waals surface area contributed by atoms with Crippen molar-refractivity contribution >= 4 is 27.5 Å². The lowest BCUT2D eigenvalue weighted by atomic mass is 10.1. The minimum Gasteiger partial charge on any atom is -0.351 e. The van der Waals surface area contributed by atoms with Crippen LogP contribution in [0.25, 0.3) is 0 Å². The molecule has 0 aliphatic carbocycles. The molecule has 1 amide bonds. The monoisotopic (exact) mass is 316 g/mol. The Morgan fingerprint density at radius 2 is 2.20 bits per heavy atom. The van der Waals surface area contributed by atoms with Gasteiger partial charge >= 0.3 is 0 Å². The normalized spacial score (nSPS) is 21.9. The largest absolute Gasteiger partial charge is 0.351 e. The van der Waals surface area contributed by atoms with Crippen molar-refractivity contribution in [1.29, 1.82) is 0 Å². The van der Waals surface area contributed by atoms with Crippen molar-refractivity contribution in [3.8, 4) is 0 Å². The van der Waals surface area contributed by atoms with Crippen LogP contribution in [0.15, 0.2) is 18.2 Å². The lowest BCUT2D eigenvalue weighted by Gasteiger charge is -2.18. The summed E-state index contributed by atoms with van der Waals surface area (Å²) in [6.45, 7) is 2.23. The van der Waals surface area contributed by atoms with Gasteiger partial charge < -0.3 is 5.32 Å². The van der Waals surface area contributed by atoms with Crippen LogP contribution in [0.1, 0.15) is 17.5 Å². The van der Waals surface area contributed by atoms with Crippen LogP contribution >= 0.6 is 11.6 Å². The second-order valence-electron chi connectivity index (χ2n) is 4.88. The molecule has 2 rings (SSSR count). The molecule has 1 atom stereocenters. The van der Waals surface area contributed by atoms with Crippen LogP contribution in [0.4, 0.5) is 0 Å².